The molecule has 0 fully saturated rings. The van der Waals surface area contributed by atoms with Crippen LogP contribution in [0.2, 0.25) is 5.15 Å². The van der Waals surface area contributed by atoms with Gasteiger partial charge in [-0.05, 0) is 19.1 Å². The van der Waals surface area contributed by atoms with Crippen molar-refractivity contribution in [2.24, 2.45) is 7.05 Å². The van der Waals surface area contributed by atoms with E-state index in [1.165, 1.54) is 0 Å². The topological polar surface area (TPSA) is 56.7 Å². The third kappa shape index (κ3) is 3.18. The molecule has 0 saturated heterocycles. The molecule has 5 nitrogen and oxygen atoms in total. The summed E-state index contributed by atoms with van der Waals surface area (Å²) in [4.78, 5) is 0. The zero-order valence-electron chi connectivity index (χ0n) is 12.3. The molecule has 0 N–H and O–H groups in total. The lowest BCUT2D eigenvalue weighted by Crippen LogP contribution is -1.89. The SMILES string of the molecule is Cc1nn(C)c(Cl)c1CSCc1nnc(-c2ccccc2)o1. The Kier molecular flexibility index (Phi) is 4.49. The summed E-state index contributed by atoms with van der Waals surface area (Å²) in [5.74, 6) is 2.57. The Morgan fingerprint density at radius 2 is 1.95 bits per heavy atom. The van der Waals surface area contributed by atoms with Gasteiger partial charge >= 0.3 is 0 Å². The van der Waals surface area contributed by atoms with E-state index in [0.29, 0.717) is 22.7 Å². The van der Waals surface area contributed by atoms with Crippen molar-refractivity contribution in [1.29, 1.82) is 0 Å². The molecule has 0 unspecified atom stereocenters. The first-order chi connectivity index (χ1) is 10.6. The van der Waals surface area contributed by atoms with Crippen molar-refractivity contribution in [2.45, 2.75) is 18.4 Å². The Labute approximate surface area is 137 Å². The van der Waals surface area contributed by atoms with Gasteiger partial charge in [0.2, 0.25) is 11.8 Å². The van der Waals surface area contributed by atoms with Gasteiger partial charge < -0.3 is 4.42 Å². The molecule has 2 aromatic heterocycles. The second kappa shape index (κ2) is 6.54. The average Bonchev–Trinajstić information content (AvgIpc) is 3.08. The van der Waals surface area contributed by atoms with Crippen molar-refractivity contribution < 1.29 is 4.42 Å². The highest BCUT2D eigenvalue weighted by atomic mass is 35.5. The molecule has 1 aromatic carbocycles. The van der Waals surface area contributed by atoms with Crippen LogP contribution in [-0.2, 0) is 18.6 Å². The number of aromatic nitrogens is 4. The predicted octanol–water partition coefficient (Wildman–Crippen LogP) is 3.87. The Morgan fingerprint density at radius 1 is 1.18 bits per heavy atom. The smallest absolute Gasteiger partial charge is 0.247 e. The highest BCUT2D eigenvalue weighted by Gasteiger charge is 2.12. The van der Waals surface area contributed by atoms with Crippen molar-refractivity contribution in [3.8, 4) is 11.5 Å². The number of benzene rings is 1. The fraction of sp³-hybridized carbons (Fsp3) is 0.267. The third-order valence-electron chi connectivity index (χ3n) is 3.23. The number of thioether (sulfide) groups is 1. The summed E-state index contributed by atoms with van der Waals surface area (Å²) in [6.45, 7) is 1.96. The summed E-state index contributed by atoms with van der Waals surface area (Å²) in [5, 5.41) is 13.1. The van der Waals surface area contributed by atoms with Crippen LogP contribution in [0.4, 0.5) is 0 Å². The van der Waals surface area contributed by atoms with E-state index in [1.807, 2.05) is 44.3 Å². The summed E-state index contributed by atoms with van der Waals surface area (Å²) in [6.07, 6.45) is 0. The minimum Gasteiger partial charge on any atom is -0.420 e. The number of hydrogen-bond acceptors (Lipinski definition) is 5. The van der Waals surface area contributed by atoms with E-state index < -0.39 is 0 Å². The van der Waals surface area contributed by atoms with Gasteiger partial charge in [-0.25, -0.2) is 0 Å². The summed E-state index contributed by atoms with van der Waals surface area (Å²) in [5.41, 5.74) is 2.94. The van der Waals surface area contributed by atoms with E-state index >= 15 is 0 Å². The molecular weight excluding hydrogens is 320 g/mol. The van der Waals surface area contributed by atoms with Crippen molar-refractivity contribution in [2.75, 3.05) is 0 Å². The zero-order chi connectivity index (χ0) is 15.5. The lowest BCUT2D eigenvalue weighted by molar-refractivity contribution is 0.528. The molecule has 0 bridgehead atoms. The molecule has 0 spiro atoms. The lowest BCUT2D eigenvalue weighted by Gasteiger charge is -1.99. The van der Waals surface area contributed by atoms with E-state index in [1.54, 1.807) is 16.4 Å². The first-order valence-electron chi connectivity index (χ1n) is 6.78. The van der Waals surface area contributed by atoms with Crippen molar-refractivity contribution in [3.63, 3.8) is 0 Å². The molecule has 114 valence electrons. The monoisotopic (exact) mass is 334 g/mol. The van der Waals surface area contributed by atoms with Crippen molar-refractivity contribution >= 4 is 23.4 Å². The van der Waals surface area contributed by atoms with E-state index in [9.17, 15) is 0 Å². The Balaban J connectivity index is 1.62. The maximum Gasteiger partial charge on any atom is 0.247 e. The summed E-state index contributed by atoms with van der Waals surface area (Å²) < 4.78 is 7.36. The molecular formula is C15H15ClN4OS. The quantitative estimate of drug-likeness (QED) is 0.709. The third-order valence-corrected chi connectivity index (χ3v) is 4.65. The molecule has 2 heterocycles. The Hall–Kier alpha value is -1.79. The standard InChI is InChI=1S/C15H15ClN4OS/c1-10-12(14(16)20(2)19-10)8-22-9-13-17-18-15(21-13)11-6-4-3-5-7-11/h3-7H,8-9H2,1-2H3. The summed E-state index contributed by atoms with van der Waals surface area (Å²) >= 11 is 7.89. The van der Waals surface area contributed by atoms with E-state index in [4.69, 9.17) is 16.0 Å². The van der Waals surface area contributed by atoms with Gasteiger partial charge in [-0.15, -0.1) is 22.0 Å². The molecule has 0 aliphatic rings. The fourth-order valence-corrected chi connectivity index (χ4v) is 3.35. The van der Waals surface area contributed by atoms with E-state index in [2.05, 4.69) is 15.3 Å². The number of rotatable bonds is 5. The van der Waals surface area contributed by atoms with Gasteiger partial charge in [0.25, 0.3) is 0 Å². The second-order valence-corrected chi connectivity index (χ2v) is 6.18. The van der Waals surface area contributed by atoms with Crippen LogP contribution in [0.5, 0.6) is 0 Å². The molecule has 0 saturated carbocycles. The minimum absolute atomic E-state index is 0.548. The molecule has 22 heavy (non-hydrogen) atoms. The molecule has 3 aromatic rings. The van der Waals surface area contributed by atoms with Crippen LogP contribution in [-0.4, -0.2) is 20.0 Å². The van der Waals surface area contributed by atoms with Crippen LogP contribution in [0.1, 0.15) is 17.1 Å². The average molecular weight is 335 g/mol. The summed E-state index contributed by atoms with van der Waals surface area (Å²) in [6, 6.07) is 9.74. The highest BCUT2D eigenvalue weighted by molar-refractivity contribution is 7.97. The maximum absolute atomic E-state index is 6.22. The number of nitrogens with zero attached hydrogens (tertiary/aromatic N) is 4. The maximum atomic E-state index is 6.22. The number of halogens is 1. The molecule has 3 rings (SSSR count). The van der Waals surface area contributed by atoms with Gasteiger partial charge in [-0.3, -0.25) is 4.68 Å². The molecule has 0 atom stereocenters. The minimum atomic E-state index is 0.548. The van der Waals surface area contributed by atoms with Crippen LogP contribution < -0.4 is 0 Å². The van der Waals surface area contributed by atoms with Crippen LogP contribution in [0.3, 0.4) is 0 Å². The van der Waals surface area contributed by atoms with Gasteiger partial charge in [0.05, 0.1) is 11.4 Å². The molecule has 0 aliphatic carbocycles. The molecule has 7 heteroatoms. The van der Waals surface area contributed by atoms with Gasteiger partial charge in [-0.2, -0.15) is 5.10 Å². The lowest BCUT2D eigenvalue weighted by atomic mass is 10.2. The van der Waals surface area contributed by atoms with E-state index in [-0.39, 0.29) is 0 Å². The number of hydrogen-bond donors (Lipinski definition) is 0. The Morgan fingerprint density at radius 3 is 2.64 bits per heavy atom. The fourth-order valence-electron chi connectivity index (χ4n) is 2.09. The van der Waals surface area contributed by atoms with Gasteiger partial charge in [0.15, 0.2) is 0 Å². The van der Waals surface area contributed by atoms with Crippen molar-refractivity contribution in [1.82, 2.24) is 20.0 Å². The normalized spacial score (nSPS) is 11.0. The zero-order valence-corrected chi connectivity index (χ0v) is 13.9. The second-order valence-electron chi connectivity index (χ2n) is 4.84. The first kappa shape index (κ1) is 15.1. The highest BCUT2D eigenvalue weighted by Crippen LogP contribution is 2.26. The van der Waals surface area contributed by atoms with Crippen molar-refractivity contribution in [3.05, 3.63) is 52.6 Å². The van der Waals surface area contributed by atoms with Gasteiger partial charge in [-0.1, -0.05) is 29.8 Å². The van der Waals surface area contributed by atoms with Crippen LogP contribution in [0.15, 0.2) is 34.7 Å². The Bertz CT molecular complexity index is 769. The molecule has 0 aliphatic heterocycles. The van der Waals surface area contributed by atoms with Crippen LogP contribution in [0, 0.1) is 6.92 Å². The predicted molar refractivity (Wildman–Crippen MR) is 87.7 cm³/mol. The van der Waals surface area contributed by atoms with Gasteiger partial charge in [0.1, 0.15) is 5.15 Å². The number of aryl methyl sites for hydroxylation is 2. The van der Waals surface area contributed by atoms with E-state index in [0.717, 1.165) is 22.6 Å². The summed E-state index contributed by atoms with van der Waals surface area (Å²) in [7, 11) is 1.84. The largest absolute Gasteiger partial charge is 0.420 e. The van der Waals surface area contributed by atoms with Gasteiger partial charge in [0, 0.05) is 23.9 Å². The van der Waals surface area contributed by atoms with Crippen LogP contribution in [0.25, 0.3) is 11.5 Å². The van der Waals surface area contributed by atoms with Crippen LogP contribution >= 0.6 is 23.4 Å². The first-order valence-corrected chi connectivity index (χ1v) is 8.32. The molecule has 0 amide bonds. The molecule has 0 radical (unpaired) electrons.